The van der Waals surface area contributed by atoms with Gasteiger partial charge in [0, 0.05) is 5.69 Å². The third-order valence-electron chi connectivity index (χ3n) is 2.47. The Balaban J connectivity index is 2.42. The quantitative estimate of drug-likeness (QED) is 0.923. The van der Waals surface area contributed by atoms with Crippen LogP contribution in [0.1, 0.15) is 27.3 Å². The van der Waals surface area contributed by atoms with Crippen LogP contribution in [0.15, 0.2) is 28.5 Å². The first-order valence-electron chi connectivity index (χ1n) is 5.63. The van der Waals surface area contributed by atoms with Gasteiger partial charge in [-0.25, -0.2) is 19.7 Å². The zero-order valence-corrected chi connectivity index (χ0v) is 11.6. The number of hydrogen-bond acceptors (Lipinski definition) is 6. The van der Waals surface area contributed by atoms with Crippen molar-refractivity contribution >= 4 is 17.7 Å². The largest absolute Gasteiger partial charge is 0.478 e. The lowest BCUT2D eigenvalue weighted by molar-refractivity contribution is 0.0691. The number of carboxylic acids is 1. The number of hydrogen-bond donors (Lipinski definition) is 1. The summed E-state index contributed by atoms with van der Waals surface area (Å²) in [4.78, 5) is 23.5. The molecule has 2 heterocycles. The molecule has 0 atom stereocenters. The van der Waals surface area contributed by atoms with Gasteiger partial charge in [0.2, 0.25) is 0 Å². The lowest BCUT2D eigenvalue weighted by Crippen LogP contribution is -2.05. The van der Waals surface area contributed by atoms with E-state index in [9.17, 15) is 9.90 Å². The summed E-state index contributed by atoms with van der Waals surface area (Å²) in [7, 11) is 0. The molecule has 0 aromatic carbocycles. The molecule has 0 aliphatic carbocycles. The molecule has 7 heteroatoms. The van der Waals surface area contributed by atoms with Crippen LogP contribution in [0.3, 0.4) is 0 Å². The van der Waals surface area contributed by atoms with Gasteiger partial charge < -0.3 is 5.11 Å². The number of aryl methyl sites for hydroxylation is 2. The fourth-order valence-electron chi connectivity index (χ4n) is 1.66. The molecular formula is C13H10N4O2S. The van der Waals surface area contributed by atoms with Gasteiger partial charge in [0.1, 0.15) is 16.1 Å². The second-order valence-corrected chi connectivity index (χ2v) is 5.03. The Morgan fingerprint density at radius 2 is 2.10 bits per heavy atom. The van der Waals surface area contributed by atoms with Gasteiger partial charge in [-0.15, -0.1) is 0 Å². The molecule has 100 valence electrons. The van der Waals surface area contributed by atoms with Crippen LogP contribution >= 0.6 is 11.8 Å². The summed E-state index contributed by atoms with van der Waals surface area (Å²) in [6, 6.07) is 3.59. The number of aromatic nitrogens is 3. The number of nitriles is 1. The Morgan fingerprint density at radius 3 is 2.65 bits per heavy atom. The molecule has 6 nitrogen and oxygen atoms in total. The molecular weight excluding hydrogens is 276 g/mol. The van der Waals surface area contributed by atoms with E-state index in [1.54, 1.807) is 19.9 Å². The van der Waals surface area contributed by atoms with Crippen molar-refractivity contribution in [2.24, 2.45) is 0 Å². The number of nitrogens with zero attached hydrogens (tertiary/aromatic N) is 4. The predicted molar refractivity (Wildman–Crippen MR) is 71.5 cm³/mol. The number of pyridine rings is 1. The molecule has 0 amide bonds. The van der Waals surface area contributed by atoms with E-state index in [1.165, 1.54) is 12.4 Å². The third kappa shape index (κ3) is 2.92. The zero-order chi connectivity index (χ0) is 14.7. The smallest absolute Gasteiger partial charge is 0.338 e. The van der Waals surface area contributed by atoms with Gasteiger partial charge in [-0.1, -0.05) is 0 Å². The summed E-state index contributed by atoms with van der Waals surface area (Å²) in [6.07, 6.45) is 2.76. The Labute approximate surface area is 119 Å². The maximum atomic E-state index is 11.3. The lowest BCUT2D eigenvalue weighted by Gasteiger charge is -2.08. The molecule has 0 saturated carbocycles. The molecule has 0 bridgehead atoms. The Bertz CT molecular complexity index is 708. The zero-order valence-electron chi connectivity index (χ0n) is 10.8. The second-order valence-electron chi connectivity index (χ2n) is 4.02. The van der Waals surface area contributed by atoms with E-state index >= 15 is 0 Å². The topological polar surface area (TPSA) is 99.8 Å². The van der Waals surface area contributed by atoms with E-state index in [0.29, 0.717) is 15.6 Å². The van der Waals surface area contributed by atoms with Crippen LogP contribution in [0.2, 0.25) is 0 Å². The molecule has 1 N–H and O–H groups in total. The van der Waals surface area contributed by atoms with Crippen molar-refractivity contribution in [1.29, 1.82) is 5.26 Å². The normalized spacial score (nSPS) is 10.1. The van der Waals surface area contributed by atoms with Gasteiger partial charge in [-0.3, -0.25) is 0 Å². The van der Waals surface area contributed by atoms with Gasteiger partial charge in [0.05, 0.1) is 18.0 Å². The van der Waals surface area contributed by atoms with E-state index in [2.05, 4.69) is 15.0 Å². The van der Waals surface area contributed by atoms with Crippen LogP contribution in [0.25, 0.3) is 0 Å². The van der Waals surface area contributed by atoms with E-state index in [1.807, 2.05) is 6.07 Å². The minimum absolute atomic E-state index is 0.159. The molecule has 2 aromatic rings. The Hall–Kier alpha value is -2.46. The minimum Gasteiger partial charge on any atom is -0.478 e. The summed E-state index contributed by atoms with van der Waals surface area (Å²) in [5.74, 6) is -1.03. The average molecular weight is 286 g/mol. The highest BCUT2D eigenvalue weighted by Crippen LogP contribution is 2.29. The van der Waals surface area contributed by atoms with Crippen molar-refractivity contribution in [1.82, 2.24) is 15.0 Å². The fourth-order valence-corrected chi connectivity index (χ4v) is 2.61. The first-order valence-corrected chi connectivity index (χ1v) is 6.44. The van der Waals surface area contributed by atoms with Crippen molar-refractivity contribution in [3.8, 4) is 6.07 Å². The third-order valence-corrected chi connectivity index (χ3v) is 3.38. The number of carboxylic acid groups (broad SMARTS) is 1. The highest BCUT2D eigenvalue weighted by molar-refractivity contribution is 7.99. The second kappa shape index (κ2) is 5.67. The average Bonchev–Trinajstić information content (AvgIpc) is 2.38. The van der Waals surface area contributed by atoms with E-state index in [4.69, 9.17) is 5.26 Å². The summed E-state index contributed by atoms with van der Waals surface area (Å²) in [6.45, 7) is 3.53. The highest BCUT2D eigenvalue weighted by atomic mass is 32.2. The predicted octanol–water partition coefficient (Wildman–Crippen LogP) is 2.21. The van der Waals surface area contributed by atoms with Crippen molar-refractivity contribution in [3.05, 3.63) is 41.0 Å². The molecule has 0 radical (unpaired) electrons. The summed E-state index contributed by atoms with van der Waals surface area (Å²) >= 11 is 1.12. The molecule has 0 spiro atoms. The van der Waals surface area contributed by atoms with Crippen LogP contribution < -0.4 is 0 Å². The van der Waals surface area contributed by atoms with Gasteiger partial charge in [0.25, 0.3) is 0 Å². The lowest BCUT2D eigenvalue weighted by atomic mass is 10.1. The van der Waals surface area contributed by atoms with Crippen LogP contribution in [0.5, 0.6) is 0 Å². The molecule has 0 saturated heterocycles. The molecule has 0 aliphatic rings. The van der Waals surface area contributed by atoms with Gasteiger partial charge in [0.15, 0.2) is 5.69 Å². The summed E-state index contributed by atoms with van der Waals surface area (Å²) in [5.41, 5.74) is 1.75. The van der Waals surface area contributed by atoms with Crippen LogP contribution in [0, 0.1) is 25.2 Å². The van der Waals surface area contributed by atoms with Crippen molar-refractivity contribution in [2.45, 2.75) is 23.9 Å². The summed E-state index contributed by atoms with van der Waals surface area (Å²) < 4.78 is 0. The van der Waals surface area contributed by atoms with Gasteiger partial charge in [-0.2, -0.15) is 5.26 Å². The van der Waals surface area contributed by atoms with Crippen molar-refractivity contribution in [2.75, 3.05) is 0 Å². The molecule has 20 heavy (non-hydrogen) atoms. The monoisotopic (exact) mass is 286 g/mol. The Kier molecular flexibility index (Phi) is 3.96. The first kappa shape index (κ1) is 14.0. The molecule has 0 fully saturated rings. The number of carbonyl (C=O) groups is 1. The maximum Gasteiger partial charge on any atom is 0.338 e. The van der Waals surface area contributed by atoms with E-state index < -0.39 is 5.97 Å². The van der Waals surface area contributed by atoms with E-state index in [-0.39, 0.29) is 11.3 Å². The number of rotatable bonds is 3. The molecule has 0 aliphatic heterocycles. The van der Waals surface area contributed by atoms with Crippen LogP contribution in [-0.2, 0) is 0 Å². The number of aromatic carboxylic acids is 1. The Morgan fingerprint density at radius 1 is 1.35 bits per heavy atom. The van der Waals surface area contributed by atoms with Gasteiger partial charge in [-0.05, 0) is 37.2 Å². The van der Waals surface area contributed by atoms with Crippen molar-refractivity contribution < 1.29 is 9.90 Å². The van der Waals surface area contributed by atoms with Gasteiger partial charge >= 0.3 is 5.97 Å². The fraction of sp³-hybridized carbons (Fsp3) is 0.154. The minimum atomic E-state index is -1.03. The van der Waals surface area contributed by atoms with E-state index in [0.717, 1.165) is 17.5 Å². The van der Waals surface area contributed by atoms with Crippen LogP contribution in [0.4, 0.5) is 0 Å². The SMILES string of the molecule is Cc1cc(C)c(C(=O)O)c(Sc2cnc(C#N)cn2)n1. The van der Waals surface area contributed by atoms with Crippen molar-refractivity contribution in [3.63, 3.8) is 0 Å². The first-order chi connectivity index (χ1) is 9.51. The molecule has 2 aromatic heterocycles. The standard InChI is InChI=1S/C13H10N4O2S/c1-7-3-8(2)17-12(11(7)13(18)19)20-10-6-15-9(4-14)5-16-10/h3,5-6H,1-2H3,(H,18,19). The summed E-state index contributed by atoms with van der Waals surface area (Å²) in [5, 5.41) is 18.8. The molecule has 2 rings (SSSR count). The van der Waals surface area contributed by atoms with Crippen LogP contribution in [-0.4, -0.2) is 26.0 Å². The maximum absolute atomic E-state index is 11.3. The molecule has 0 unspecified atom stereocenters. The highest BCUT2D eigenvalue weighted by Gasteiger charge is 2.17.